The highest BCUT2D eigenvalue weighted by molar-refractivity contribution is 7.13. The molecule has 0 aliphatic carbocycles. The van der Waals surface area contributed by atoms with Crippen LogP contribution in [0.2, 0.25) is 0 Å². The molecule has 0 aliphatic rings. The van der Waals surface area contributed by atoms with E-state index in [0.717, 1.165) is 22.2 Å². The highest BCUT2D eigenvalue weighted by Crippen LogP contribution is 2.25. The van der Waals surface area contributed by atoms with E-state index in [1.807, 2.05) is 31.2 Å². The van der Waals surface area contributed by atoms with Gasteiger partial charge < -0.3 is 10.5 Å². The molecule has 2 N–H and O–H groups in total. The number of aryl methyl sites for hydroxylation is 1. The fourth-order valence-electron chi connectivity index (χ4n) is 2.25. The Morgan fingerprint density at radius 1 is 1.27 bits per heavy atom. The number of anilines is 1. The van der Waals surface area contributed by atoms with Crippen molar-refractivity contribution in [3.05, 3.63) is 74.8 Å². The van der Waals surface area contributed by atoms with Crippen LogP contribution in [0.3, 0.4) is 0 Å². The summed E-state index contributed by atoms with van der Waals surface area (Å²) in [5, 5.41) is 13.5. The molecule has 0 fully saturated rings. The van der Waals surface area contributed by atoms with Gasteiger partial charge in [0, 0.05) is 28.8 Å². The second-order valence-corrected chi connectivity index (χ2v) is 6.47. The molecule has 0 radical (unpaired) electrons. The lowest BCUT2D eigenvalue weighted by atomic mass is 10.1. The highest BCUT2D eigenvalue weighted by atomic mass is 32.1. The standard InChI is InChI=1S/C18H15N3O4S/c1-11-2-4-12(5-3-11)17-20-13(10-26-17)9-25-18(22)15-8-14(21(23)24)6-7-16(15)19/h2-8,10H,9,19H2,1H3. The van der Waals surface area contributed by atoms with Gasteiger partial charge in [0.05, 0.1) is 16.2 Å². The minimum absolute atomic E-state index is 0.0341. The molecule has 0 atom stereocenters. The maximum atomic E-state index is 12.2. The Bertz CT molecular complexity index is 967. The number of nitro groups is 1. The van der Waals surface area contributed by atoms with Crippen LogP contribution in [0, 0.1) is 17.0 Å². The van der Waals surface area contributed by atoms with E-state index >= 15 is 0 Å². The van der Waals surface area contributed by atoms with Crippen molar-refractivity contribution >= 4 is 28.7 Å². The number of aromatic nitrogens is 1. The molecule has 3 aromatic rings. The molecule has 8 heteroatoms. The van der Waals surface area contributed by atoms with E-state index in [4.69, 9.17) is 10.5 Å². The topological polar surface area (TPSA) is 108 Å². The average molecular weight is 369 g/mol. The van der Waals surface area contributed by atoms with E-state index in [2.05, 4.69) is 4.98 Å². The van der Waals surface area contributed by atoms with Crippen LogP contribution in [-0.4, -0.2) is 15.9 Å². The first kappa shape index (κ1) is 17.6. The second-order valence-electron chi connectivity index (χ2n) is 5.61. The molecule has 0 unspecified atom stereocenters. The number of hydrogen-bond acceptors (Lipinski definition) is 7. The van der Waals surface area contributed by atoms with Gasteiger partial charge in [0.25, 0.3) is 5.69 Å². The van der Waals surface area contributed by atoms with Crippen LogP contribution in [-0.2, 0) is 11.3 Å². The second kappa shape index (κ2) is 7.32. The Morgan fingerprint density at radius 2 is 2.00 bits per heavy atom. The highest BCUT2D eigenvalue weighted by Gasteiger charge is 2.17. The van der Waals surface area contributed by atoms with Crippen LogP contribution >= 0.6 is 11.3 Å². The Balaban J connectivity index is 1.70. The zero-order valence-corrected chi connectivity index (χ0v) is 14.7. The fourth-order valence-corrected chi connectivity index (χ4v) is 3.06. The number of rotatable bonds is 5. The molecule has 0 saturated heterocycles. The van der Waals surface area contributed by atoms with Crippen molar-refractivity contribution in [1.82, 2.24) is 4.98 Å². The summed E-state index contributed by atoms with van der Waals surface area (Å²) < 4.78 is 5.20. The molecule has 0 bridgehead atoms. The predicted octanol–water partition coefficient (Wildman–Crippen LogP) is 3.97. The van der Waals surface area contributed by atoms with Crippen LogP contribution in [0.4, 0.5) is 11.4 Å². The van der Waals surface area contributed by atoms with E-state index < -0.39 is 10.9 Å². The van der Waals surface area contributed by atoms with Gasteiger partial charge in [0.2, 0.25) is 0 Å². The number of hydrogen-bond donors (Lipinski definition) is 1. The van der Waals surface area contributed by atoms with Gasteiger partial charge in [-0.2, -0.15) is 0 Å². The number of nitro benzene ring substituents is 1. The van der Waals surface area contributed by atoms with Crippen LogP contribution in [0.25, 0.3) is 10.6 Å². The zero-order chi connectivity index (χ0) is 18.7. The van der Waals surface area contributed by atoms with Gasteiger partial charge in [0.1, 0.15) is 11.6 Å². The summed E-state index contributed by atoms with van der Waals surface area (Å²) in [5.74, 6) is -0.726. The minimum atomic E-state index is -0.726. The first-order valence-corrected chi connectivity index (χ1v) is 8.54. The lowest BCUT2D eigenvalue weighted by Gasteiger charge is -2.05. The molecular formula is C18H15N3O4S. The number of nitrogens with two attached hydrogens (primary N) is 1. The Kier molecular flexibility index (Phi) is 4.94. The lowest BCUT2D eigenvalue weighted by Crippen LogP contribution is -2.09. The summed E-state index contributed by atoms with van der Waals surface area (Å²) in [6, 6.07) is 11.6. The monoisotopic (exact) mass is 369 g/mol. The summed E-state index contributed by atoms with van der Waals surface area (Å²) in [6.07, 6.45) is 0. The number of thiazole rings is 1. The van der Waals surface area contributed by atoms with Gasteiger partial charge >= 0.3 is 5.97 Å². The van der Waals surface area contributed by atoms with Crippen LogP contribution in [0.5, 0.6) is 0 Å². The van der Waals surface area contributed by atoms with Crippen molar-refractivity contribution in [2.45, 2.75) is 13.5 Å². The molecule has 0 aliphatic heterocycles. The molecule has 1 heterocycles. The van der Waals surface area contributed by atoms with Crippen molar-refractivity contribution in [2.75, 3.05) is 5.73 Å². The van der Waals surface area contributed by atoms with Gasteiger partial charge in [-0.05, 0) is 13.0 Å². The summed E-state index contributed by atoms with van der Waals surface area (Å²) in [5.41, 5.74) is 8.33. The predicted molar refractivity (Wildman–Crippen MR) is 98.9 cm³/mol. The summed E-state index contributed by atoms with van der Waals surface area (Å²) in [6.45, 7) is 1.97. The molecule has 132 valence electrons. The van der Waals surface area contributed by atoms with E-state index in [1.54, 1.807) is 5.38 Å². The molecule has 0 amide bonds. The number of esters is 1. The average Bonchev–Trinajstić information content (AvgIpc) is 3.09. The van der Waals surface area contributed by atoms with Crippen molar-refractivity contribution < 1.29 is 14.5 Å². The number of nitrogens with zero attached hydrogens (tertiary/aromatic N) is 2. The Morgan fingerprint density at radius 3 is 2.69 bits per heavy atom. The maximum absolute atomic E-state index is 12.2. The molecule has 26 heavy (non-hydrogen) atoms. The van der Waals surface area contributed by atoms with E-state index in [1.165, 1.54) is 23.5 Å². The van der Waals surface area contributed by atoms with E-state index in [-0.39, 0.29) is 23.5 Å². The first-order chi connectivity index (χ1) is 12.4. The maximum Gasteiger partial charge on any atom is 0.340 e. The van der Waals surface area contributed by atoms with Crippen LogP contribution in [0.15, 0.2) is 47.8 Å². The van der Waals surface area contributed by atoms with Gasteiger partial charge in [-0.3, -0.25) is 10.1 Å². The first-order valence-electron chi connectivity index (χ1n) is 7.66. The van der Waals surface area contributed by atoms with Crippen molar-refractivity contribution in [3.63, 3.8) is 0 Å². The van der Waals surface area contributed by atoms with Crippen molar-refractivity contribution in [2.24, 2.45) is 0 Å². The molecule has 3 rings (SSSR count). The number of carbonyl (C=O) groups excluding carboxylic acids is 1. The normalized spacial score (nSPS) is 10.5. The van der Waals surface area contributed by atoms with Crippen LogP contribution in [0.1, 0.15) is 21.6 Å². The molecule has 7 nitrogen and oxygen atoms in total. The smallest absolute Gasteiger partial charge is 0.340 e. The third kappa shape index (κ3) is 3.86. The molecule has 0 saturated carbocycles. The van der Waals surface area contributed by atoms with Gasteiger partial charge in [-0.25, -0.2) is 9.78 Å². The quantitative estimate of drug-likeness (QED) is 0.315. The third-order valence-corrected chi connectivity index (χ3v) is 4.61. The summed E-state index contributed by atoms with van der Waals surface area (Å²) in [7, 11) is 0. The van der Waals surface area contributed by atoms with Crippen LogP contribution < -0.4 is 5.73 Å². The number of carbonyl (C=O) groups is 1. The number of nitrogen functional groups attached to an aromatic ring is 1. The fraction of sp³-hybridized carbons (Fsp3) is 0.111. The summed E-state index contributed by atoms with van der Waals surface area (Å²) >= 11 is 1.45. The Hall–Kier alpha value is -3.26. The largest absolute Gasteiger partial charge is 0.455 e. The Labute approximate surface area is 153 Å². The van der Waals surface area contributed by atoms with Crippen molar-refractivity contribution in [1.29, 1.82) is 0 Å². The lowest BCUT2D eigenvalue weighted by molar-refractivity contribution is -0.384. The van der Waals surface area contributed by atoms with Crippen molar-refractivity contribution in [3.8, 4) is 10.6 Å². The number of ether oxygens (including phenoxy) is 1. The molecule has 1 aromatic heterocycles. The number of benzene rings is 2. The molecule has 0 spiro atoms. The SMILES string of the molecule is Cc1ccc(-c2nc(COC(=O)c3cc([N+](=O)[O-])ccc3N)cs2)cc1. The minimum Gasteiger partial charge on any atom is -0.455 e. The third-order valence-electron chi connectivity index (χ3n) is 3.67. The number of non-ortho nitro benzene ring substituents is 1. The molecule has 2 aromatic carbocycles. The van der Waals surface area contributed by atoms with Gasteiger partial charge in [0.15, 0.2) is 0 Å². The van der Waals surface area contributed by atoms with E-state index in [9.17, 15) is 14.9 Å². The molecular weight excluding hydrogens is 354 g/mol. The zero-order valence-electron chi connectivity index (χ0n) is 13.8. The summed E-state index contributed by atoms with van der Waals surface area (Å²) in [4.78, 5) is 26.9. The van der Waals surface area contributed by atoms with Gasteiger partial charge in [-0.1, -0.05) is 29.8 Å². The van der Waals surface area contributed by atoms with Gasteiger partial charge in [-0.15, -0.1) is 11.3 Å². The van der Waals surface area contributed by atoms with E-state index in [0.29, 0.717) is 5.69 Å².